The molecule has 1 aliphatic rings. The molecule has 3 amide bonds. The first kappa shape index (κ1) is 23.7. The Morgan fingerprint density at radius 3 is 2.50 bits per heavy atom. The van der Waals surface area contributed by atoms with Crippen LogP contribution in [0.1, 0.15) is 56.6 Å². The van der Waals surface area contributed by atoms with Crippen LogP contribution in [0.4, 0.5) is 0 Å². The number of nitrogens with zero attached hydrogens (tertiary/aromatic N) is 1. The molecule has 30 heavy (non-hydrogen) atoms. The van der Waals surface area contributed by atoms with Gasteiger partial charge in [-0.3, -0.25) is 14.4 Å². The summed E-state index contributed by atoms with van der Waals surface area (Å²) in [6, 6.07) is 6.30. The summed E-state index contributed by atoms with van der Waals surface area (Å²) in [7, 11) is 1.60. The molecule has 0 saturated heterocycles. The van der Waals surface area contributed by atoms with Crippen LogP contribution in [0.3, 0.4) is 0 Å². The van der Waals surface area contributed by atoms with E-state index in [2.05, 4.69) is 17.4 Å². The fraction of sp³-hybridized carbons (Fsp3) is 0.609. The number of likely N-dealkylation sites (N-methyl/N-ethyl adjacent to an activating group) is 1. The number of aryl methyl sites for hydroxylation is 2. The molecule has 2 rings (SSSR count). The lowest BCUT2D eigenvalue weighted by molar-refractivity contribution is -0.138. The molecular weight excluding hydrogens is 382 g/mol. The van der Waals surface area contributed by atoms with Crippen molar-refractivity contribution in [1.82, 2.24) is 10.2 Å². The molecular formula is C23H35N3O4. The van der Waals surface area contributed by atoms with Crippen molar-refractivity contribution >= 4 is 17.7 Å². The van der Waals surface area contributed by atoms with Gasteiger partial charge < -0.3 is 20.7 Å². The maximum absolute atomic E-state index is 12.3. The highest BCUT2D eigenvalue weighted by Crippen LogP contribution is 2.26. The quantitative estimate of drug-likeness (QED) is 0.610. The van der Waals surface area contributed by atoms with Gasteiger partial charge in [-0.2, -0.15) is 0 Å². The summed E-state index contributed by atoms with van der Waals surface area (Å²) in [6.45, 7) is 4.61. The third kappa shape index (κ3) is 7.35. The minimum absolute atomic E-state index is 0.0378. The topological polar surface area (TPSA) is 102 Å². The predicted molar refractivity (Wildman–Crippen MR) is 116 cm³/mol. The van der Waals surface area contributed by atoms with E-state index in [4.69, 9.17) is 10.5 Å². The first-order valence-electron chi connectivity index (χ1n) is 10.8. The molecule has 1 saturated carbocycles. The zero-order valence-corrected chi connectivity index (χ0v) is 18.4. The second-order valence-electron chi connectivity index (χ2n) is 8.16. The van der Waals surface area contributed by atoms with E-state index in [0.717, 1.165) is 49.8 Å². The molecule has 0 atom stereocenters. The van der Waals surface area contributed by atoms with E-state index < -0.39 is 5.91 Å². The van der Waals surface area contributed by atoms with Crippen LogP contribution in [0.25, 0.3) is 0 Å². The number of nitrogens with one attached hydrogen (secondary N) is 1. The summed E-state index contributed by atoms with van der Waals surface area (Å²) in [6.07, 6.45) is 5.15. The molecule has 7 nitrogen and oxygen atoms in total. The molecule has 0 spiro atoms. The van der Waals surface area contributed by atoms with Crippen molar-refractivity contribution < 1.29 is 19.1 Å². The molecule has 1 aromatic rings. The maximum Gasteiger partial charge on any atom is 0.237 e. The van der Waals surface area contributed by atoms with E-state index in [1.807, 2.05) is 19.9 Å². The zero-order chi connectivity index (χ0) is 22.1. The molecule has 0 aliphatic heterocycles. The summed E-state index contributed by atoms with van der Waals surface area (Å²) in [5.41, 5.74) is 7.48. The van der Waals surface area contributed by atoms with E-state index in [-0.39, 0.29) is 30.3 Å². The van der Waals surface area contributed by atoms with Crippen LogP contribution in [-0.2, 0) is 20.8 Å². The molecule has 166 valence electrons. The molecule has 1 aromatic carbocycles. The summed E-state index contributed by atoms with van der Waals surface area (Å²) in [5.74, 6) is 0.342. The monoisotopic (exact) mass is 417 g/mol. The number of nitrogens with two attached hydrogens (primary N) is 1. The Morgan fingerprint density at radius 1 is 1.20 bits per heavy atom. The lowest BCUT2D eigenvalue weighted by Gasteiger charge is -2.30. The number of hydrogen-bond acceptors (Lipinski definition) is 4. The van der Waals surface area contributed by atoms with Gasteiger partial charge in [-0.25, -0.2) is 0 Å². The fourth-order valence-electron chi connectivity index (χ4n) is 4.05. The van der Waals surface area contributed by atoms with Crippen molar-refractivity contribution in [2.75, 3.05) is 20.2 Å². The van der Waals surface area contributed by atoms with Gasteiger partial charge in [0.2, 0.25) is 17.7 Å². The van der Waals surface area contributed by atoms with Crippen LogP contribution in [-0.4, -0.2) is 48.9 Å². The molecule has 0 unspecified atom stereocenters. The number of benzene rings is 1. The summed E-state index contributed by atoms with van der Waals surface area (Å²) in [4.78, 5) is 37.0. The number of rotatable bonds is 10. The van der Waals surface area contributed by atoms with E-state index in [1.54, 1.807) is 7.05 Å². The Balaban J connectivity index is 1.68. The first-order chi connectivity index (χ1) is 14.3. The highest BCUT2D eigenvalue weighted by Gasteiger charge is 2.29. The van der Waals surface area contributed by atoms with E-state index in [9.17, 15) is 14.4 Å². The van der Waals surface area contributed by atoms with Crippen LogP contribution in [0.15, 0.2) is 18.2 Å². The van der Waals surface area contributed by atoms with Gasteiger partial charge in [-0.05, 0) is 69.6 Å². The average Bonchev–Trinajstić information content (AvgIpc) is 2.69. The van der Waals surface area contributed by atoms with Gasteiger partial charge in [0, 0.05) is 25.4 Å². The zero-order valence-electron chi connectivity index (χ0n) is 18.4. The molecule has 0 heterocycles. The maximum atomic E-state index is 12.3. The van der Waals surface area contributed by atoms with Gasteiger partial charge in [0.25, 0.3) is 0 Å². The number of amides is 3. The number of hydrogen-bond donors (Lipinski definition) is 2. The Bertz CT molecular complexity index is 742. The predicted octanol–water partition coefficient (Wildman–Crippen LogP) is 2.34. The van der Waals surface area contributed by atoms with Crippen molar-refractivity contribution in [1.29, 1.82) is 0 Å². The van der Waals surface area contributed by atoms with Crippen LogP contribution in [0, 0.1) is 12.8 Å². The number of carbonyl (C=O) groups excluding carboxylic acids is 3. The summed E-state index contributed by atoms with van der Waals surface area (Å²) >= 11 is 0. The van der Waals surface area contributed by atoms with Gasteiger partial charge >= 0.3 is 0 Å². The average molecular weight is 418 g/mol. The SMILES string of the molecule is CCOc1ccc(CCCC(=O)NC2CCC(C(=O)N(C)CC(N)=O)CC2)cc1C. The second kappa shape index (κ2) is 11.6. The van der Waals surface area contributed by atoms with Crippen molar-refractivity contribution in [2.45, 2.75) is 64.8 Å². The highest BCUT2D eigenvalue weighted by molar-refractivity contribution is 5.85. The summed E-state index contributed by atoms with van der Waals surface area (Å²) in [5, 5.41) is 3.11. The van der Waals surface area contributed by atoms with Crippen LogP contribution in [0.5, 0.6) is 5.75 Å². The fourth-order valence-corrected chi connectivity index (χ4v) is 4.05. The highest BCUT2D eigenvalue weighted by atomic mass is 16.5. The van der Waals surface area contributed by atoms with E-state index in [1.165, 1.54) is 10.5 Å². The third-order valence-corrected chi connectivity index (χ3v) is 5.62. The Kier molecular flexibility index (Phi) is 9.15. The molecule has 0 aromatic heterocycles. The molecule has 1 aliphatic carbocycles. The largest absolute Gasteiger partial charge is 0.494 e. The molecule has 0 bridgehead atoms. The van der Waals surface area contributed by atoms with Gasteiger partial charge in [0.05, 0.1) is 13.2 Å². The van der Waals surface area contributed by atoms with Crippen LogP contribution in [0.2, 0.25) is 0 Å². The Morgan fingerprint density at radius 2 is 1.90 bits per heavy atom. The molecule has 0 radical (unpaired) electrons. The van der Waals surface area contributed by atoms with Crippen molar-refractivity contribution in [3.63, 3.8) is 0 Å². The van der Waals surface area contributed by atoms with Gasteiger partial charge in [0.15, 0.2) is 0 Å². The number of primary amides is 1. The van der Waals surface area contributed by atoms with Crippen molar-refractivity contribution in [3.05, 3.63) is 29.3 Å². The van der Waals surface area contributed by atoms with Crippen LogP contribution < -0.4 is 15.8 Å². The lowest BCUT2D eigenvalue weighted by Crippen LogP contribution is -2.43. The molecule has 3 N–H and O–H groups in total. The minimum atomic E-state index is -0.507. The van der Waals surface area contributed by atoms with Gasteiger partial charge in [-0.15, -0.1) is 0 Å². The van der Waals surface area contributed by atoms with E-state index in [0.29, 0.717) is 13.0 Å². The Labute approximate surface area is 179 Å². The normalized spacial score (nSPS) is 18.5. The van der Waals surface area contributed by atoms with Gasteiger partial charge in [-0.1, -0.05) is 12.1 Å². The Hall–Kier alpha value is -2.57. The lowest BCUT2D eigenvalue weighted by atomic mass is 9.85. The number of ether oxygens (including phenoxy) is 1. The van der Waals surface area contributed by atoms with Crippen molar-refractivity contribution in [2.24, 2.45) is 11.7 Å². The van der Waals surface area contributed by atoms with E-state index >= 15 is 0 Å². The second-order valence-corrected chi connectivity index (χ2v) is 8.16. The standard InChI is InChI=1S/C23H35N3O4/c1-4-30-20-13-8-17(14-16(20)2)6-5-7-22(28)25-19-11-9-18(10-12-19)23(29)26(3)15-21(24)27/h8,13-14,18-19H,4-7,9-12,15H2,1-3H3,(H2,24,27)(H,25,28). The minimum Gasteiger partial charge on any atom is -0.494 e. The molecule has 7 heteroatoms. The first-order valence-corrected chi connectivity index (χ1v) is 10.8. The van der Waals surface area contributed by atoms with Crippen molar-refractivity contribution in [3.8, 4) is 5.75 Å². The smallest absolute Gasteiger partial charge is 0.237 e. The molecule has 1 fully saturated rings. The van der Waals surface area contributed by atoms with Crippen LogP contribution >= 0.6 is 0 Å². The summed E-state index contributed by atoms with van der Waals surface area (Å²) < 4.78 is 5.56. The van der Waals surface area contributed by atoms with Gasteiger partial charge in [0.1, 0.15) is 5.75 Å². The number of carbonyl (C=O) groups is 3. The third-order valence-electron chi connectivity index (χ3n) is 5.62.